The third kappa shape index (κ3) is 5.37. The third-order valence-electron chi connectivity index (χ3n) is 5.07. The summed E-state index contributed by atoms with van der Waals surface area (Å²) in [6.45, 7) is 3.91. The number of carbonyl (C=O) groups excluding carboxylic acids is 1. The van der Waals surface area contributed by atoms with Crippen molar-refractivity contribution in [2.45, 2.75) is 24.9 Å². The minimum absolute atomic E-state index is 0.00607. The van der Waals surface area contributed by atoms with E-state index >= 15 is 0 Å². The van der Waals surface area contributed by atoms with E-state index in [-0.39, 0.29) is 38.7 Å². The minimum Gasteiger partial charge on any atom is -0.484 e. The molecule has 0 aliphatic carbocycles. The molecule has 1 aliphatic rings. The number of hydrogen-bond acceptors (Lipinski definition) is 4. The molecule has 6 nitrogen and oxygen atoms in total. The Morgan fingerprint density at radius 3 is 2.32 bits per heavy atom. The Balaban J connectivity index is 1.60. The quantitative estimate of drug-likeness (QED) is 0.693. The highest BCUT2D eigenvalue weighted by Gasteiger charge is 2.34. The normalized spacial score (nSPS) is 15.7. The summed E-state index contributed by atoms with van der Waals surface area (Å²) < 4.78 is 70.9. The second-order valence-corrected chi connectivity index (χ2v) is 9.31. The fourth-order valence-corrected chi connectivity index (χ4v) is 4.82. The zero-order valence-corrected chi connectivity index (χ0v) is 18.0. The Morgan fingerprint density at radius 2 is 1.71 bits per heavy atom. The second kappa shape index (κ2) is 8.88. The molecule has 31 heavy (non-hydrogen) atoms. The van der Waals surface area contributed by atoms with E-state index in [0.717, 1.165) is 33.6 Å². The van der Waals surface area contributed by atoms with Crippen LogP contribution in [0.5, 0.6) is 5.75 Å². The fraction of sp³-hybridized carbons (Fsp3) is 0.381. The lowest BCUT2D eigenvalue weighted by Gasteiger charge is -2.34. The van der Waals surface area contributed by atoms with Gasteiger partial charge in [-0.2, -0.15) is 17.5 Å². The van der Waals surface area contributed by atoms with Crippen molar-refractivity contribution in [3.8, 4) is 5.75 Å². The predicted octanol–water partition coefficient (Wildman–Crippen LogP) is 3.23. The van der Waals surface area contributed by atoms with Crippen LogP contribution in [-0.4, -0.2) is 56.3 Å². The molecule has 1 amide bonds. The second-order valence-electron chi connectivity index (χ2n) is 7.37. The lowest BCUT2D eigenvalue weighted by molar-refractivity contribution is -0.138. The van der Waals surface area contributed by atoms with Crippen LogP contribution >= 0.6 is 0 Å². The smallest absolute Gasteiger partial charge is 0.416 e. The van der Waals surface area contributed by atoms with Crippen LogP contribution in [0.2, 0.25) is 0 Å². The van der Waals surface area contributed by atoms with Gasteiger partial charge < -0.3 is 9.64 Å². The van der Waals surface area contributed by atoms with Gasteiger partial charge in [0.15, 0.2) is 6.61 Å². The zero-order valence-electron chi connectivity index (χ0n) is 17.1. The van der Waals surface area contributed by atoms with Gasteiger partial charge >= 0.3 is 6.18 Å². The van der Waals surface area contributed by atoms with Gasteiger partial charge in [-0.3, -0.25) is 4.79 Å². The van der Waals surface area contributed by atoms with Crippen molar-refractivity contribution >= 4 is 15.9 Å². The van der Waals surface area contributed by atoms with E-state index in [0.29, 0.717) is 11.8 Å². The molecule has 0 saturated carbocycles. The number of hydrogen-bond donors (Lipinski definition) is 0. The molecule has 2 aromatic carbocycles. The molecule has 1 aliphatic heterocycles. The number of alkyl halides is 3. The number of carbonyl (C=O) groups is 1. The summed E-state index contributed by atoms with van der Waals surface area (Å²) in [7, 11) is -4.09. The number of benzene rings is 2. The number of ether oxygens (including phenoxy) is 1. The number of piperazine rings is 1. The molecule has 168 valence electrons. The summed E-state index contributed by atoms with van der Waals surface area (Å²) in [5.41, 5.74) is 0.963. The van der Waals surface area contributed by atoms with E-state index < -0.39 is 26.7 Å². The summed E-state index contributed by atoms with van der Waals surface area (Å²) in [6.07, 6.45) is -4.63. The lowest BCUT2D eigenvalue weighted by Crippen LogP contribution is -2.51. The average Bonchev–Trinajstić information content (AvgIpc) is 2.72. The molecule has 3 rings (SSSR count). The van der Waals surface area contributed by atoms with Crippen LogP contribution in [0.4, 0.5) is 13.2 Å². The molecule has 10 heteroatoms. The van der Waals surface area contributed by atoms with Crippen LogP contribution in [0.1, 0.15) is 16.7 Å². The molecule has 0 aromatic heterocycles. The van der Waals surface area contributed by atoms with Crippen LogP contribution in [0.25, 0.3) is 0 Å². The summed E-state index contributed by atoms with van der Waals surface area (Å²) in [5, 5.41) is 0. The zero-order chi connectivity index (χ0) is 22.8. The Bertz CT molecular complexity index is 1060. The Labute approximate surface area is 179 Å². The summed E-state index contributed by atoms with van der Waals surface area (Å²) >= 11 is 0. The largest absolute Gasteiger partial charge is 0.484 e. The maximum Gasteiger partial charge on any atom is 0.416 e. The van der Waals surface area contributed by atoms with E-state index in [1.807, 2.05) is 26.0 Å². The highest BCUT2D eigenvalue weighted by molar-refractivity contribution is 7.89. The third-order valence-corrected chi connectivity index (χ3v) is 6.97. The monoisotopic (exact) mass is 456 g/mol. The van der Waals surface area contributed by atoms with Gasteiger partial charge in [0.05, 0.1) is 10.5 Å². The molecular weight excluding hydrogens is 433 g/mol. The molecule has 1 fully saturated rings. The van der Waals surface area contributed by atoms with E-state index in [4.69, 9.17) is 4.74 Å². The average molecular weight is 456 g/mol. The van der Waals surface area contributed by atoms with E-state index in [2.05, 4.69) is 0 Å². The Kier molecular flexibility index (Phi) is 6.61. The van der Waals surface area contributed by atoms with Crippen molar-refractivity contribution in [2.24, 2.45) is 0 Å². The maximum absolute atomic E-state index is 12.9. The van der Waals surface area contributed by atoms with Crippen molar-refractivity contribution in [1.29, 1.82) is 0 Å². The molecular formula is C21H23F3N2O4S. The van der Waals surface area contributed by atoms with Crippen LogP contribution in [0.3, 0.4) is 0 Å². The fourth-order valence-electron chi connectivity index (χ4n) is 3.35. The van der Waals surface area contributed by atoms with Crippen LogP contribution in [0.15, 0.2) is 47.4 Å². The van der Waals surface area contributed by atoms with Gasteiger partial charge in [0.1, 0.15) is 5.75 Å². The number of halogens is 3. The van der Waals surface area contributed by atoms with E-state index in [1.54, 1.807) is 6.07 Å². The van der Waals surface area contributed by atoms with Gasteiger partial charge in [0, 0.05) is 26.2 Å². The first-order chi connectivity index (χ1) is 14.5. The van der Waals surface area contributed by atoms with Gasteiger partial charge in [0.25, 0.3) is 5.91 Å². The van der Waals surface area contributed by atoms with Crippen molar-refractivity contribution in [3.63, 3.8) is 0 Å². The molecule has 2 aromatic rings. The van der Waals surface area contributed by atoms with E-state index in [9.17, 15) is 26.4 Å². The van der Waals surface area contributed by atoms with Crippen molar-refractivity contribution in [1.82, 2.24) is 9.21 Å². The highest BCUT2D eigenvalue weighted by atomic mass is 32.2. The van der Waals surface area contributed by atoms with Crippen LogP contribution in [0, 0.1) is 13.8 Å². The predicted molar refractivity (Wildman–Crippen MR) is 108 cm³/mol. The lowest BCUT2D eigenvalue weighted by atomic mass is 10.1. The number of aryl methyl sites for hydroxylation is 2. The Morgan fingerprint density at radius 1 is 1.03 bits per heavy atom. The molecule has 1 heterocycles. The van der Waals surface area contributed by atoms with Crippen molar-refractivity contribution < 1.29 is 31.1 Å². The van der Waals surface area contributed by atoms with Crippen molar-refractivity contribution in [3.05, 3.63) is 59.2 Å². The summed E-state index contributed by atoms with van der Waals surface area (Å²) in [4.78, 5) is 13.5. The number of rotatable bonds is 5. The SMILES string of the molecule is Cc1ccc(OCC(=O)N2CCN(S(=O)(=O)c3cccc(C(F)(F)F)c3)CC2)c(C)c1. The highest BCUT2D eigenvalue weighted by Crippen LogP contribution is 2.31. The van der Waals surface area contributed by atoms with Gasteiger partial charge in [-0.1, -0.05) is 23.8 Å². The number of sulfonamides is 1. The van der Waals surface area contributed by atoms with Crippen LogP contribution < -0.4 is 4.74 Å². The first-order valence-electron chi connectivity index (χ1n) is 9.64. The molecule has 0 N–H and O–H groups in total. The first-order valence-corrected chi connectivity index (χ1v) is 11.1. The van der Waals surface area contributed by atoms with Gasteiger partial charge in [0.2, 0.25) is 10.0 Å². The summed E-state index contributed by atoms with van der Waals surface area (Å²) in [6, 6.07) is 9.27. The van der Waals surface area contributed by atoms with Crippen molar-refractivity contribution in [2.75, 3.05) is 32.8 Å². The summed E-state index contributed by atoms with van der Waals surface area (Å²) in [5.74, 6) is 0.320. The Hall–Kier alpha value is -2.59. The topological polar surface area (TPSA) is 66.9 Å². The number of nitrogens with zero attached hydrogens (tertiary/aromatic N) is 2. The van der Waals surface area contributed by atoms with Gasteiger partial charge in [-0.25, -0.2) is 8.42 Å². The molecule has 0 unspecified atom stereocenters. The standard InChI is InChI=1S/C21H23F3N2O4S/c1-15-6-7-19(16(2)12-15)30-14-20(27)25-8-10-26(11-9-25)31(28,29)18-5-3-4-17(13-18)21(22,23)24/h3-7,12-13H,8-11,14H2,1-2H3. The van der Waals surface area contributed by atoms with E-state index in [1.165, 1.54) is 4.90 Å². The molecule has 0 spiro atoms. The molecule has 0 radical (unpaired) electrons. The molecule has 0 bridgehead atoms. The van der Waals surface area contributed by atoms with Crippen LogP contribution in [-0.2, 0) is 21.0 Å². The van der Waals surface area contributed by atoms with Gasteiger partial charge in [-0.15, -0.1) is 0 Å². The number of amides is 1. The maximum atomic E-state index is 12.9. The molecule has 0 atom stereocenters. The first kappa shape index (κ1) is 23.1. The van der Waals surface area contributed by atoms with Gasteiger partial charge in [-0.05, 0) is 43.7 Å². The molecule has 1 saturated heterocycles. The minimum atomic E-state index is -4.63.